The van der Waals surface area contributed by atoms with Gasteiger partial charge in [0.15, 0.2) is 5.76 Å². The minimum Gasteiger partial charge on any atom is -0.356 e. The quantitative estimate of drug-likeness (QED) is 0.696. The van der Waals surface area contributed by atoms with E-state index < -0.39 is 0 Å². The number of nitrogens with one attached hydrogen (secondary N) is 1. The van der Waals surface area contributed by atoms with E-state index in [0.29, 0.717) is 12.2 Å². The van der Waals surface area contributed by atoms with Gasteiger partial charge in [0.25, 0.3) is 0 Å². The molecule has 1 aromatic heterocycles. The molecule has 1 aliphatic heterocycles. The highest BCUT2D eigenvalue weighted by molar-refractivity contribution is 5.92. The standard InChI is InChI=1S/C22H23FN4O2/c23-18-6-8-19(9-7-18)24-22(28)16-27-12-10-26(11-13-27)15-20-14-21(29-25-20)17-4-2-1-3-5-17/h1-9,14H,10-13,15-16H2,(H,24,28). The second-order valence-electron chi connectivity index (χ2n) is 7.16. The highest BCUT2D eigenvalue weighted by Crippen LogP contribution is 2.20. The smallest absolute Gasteiger partial charge is 0.238 e. The second-order valence-corrected chi connectivity index (χ2v) is 7.16. The Hall–Kier alpha value is -3.03. The average Bonchev–Trinajstić information content (AvgIpc) is 3.20. The van der Waals surface area contributed by atoms with E-state index in [2.05, 4.69) is 20.3 Å². The van der Waals surface area contributed by atoms with E-state index >= 15 is 0 Å². The van der Waals surface area contributed by atoms with Crippen LogP contribution in [0.1, 0.15) is 5.69 Å². The van der Waals surface area contributed by atoms with Crippen LogP contribution in [0, 0.1) is 5.82 Å². The highest BCUT2D eigenvalue weighted by atomic mass is 19.1. The molecule has 1 aliphatic rings. The zero-order chi connectivity index (χ0) is 20.1. The molecule has 6 nitrogen and oxygen atoms in total. The molecule has 0 bridgehead atoms. The first-order valence-electron chi connectivity index (χ1n) is 9.67. The van der Waals surface area contributed by atoms with Crippen LogP contribution >= 0.6 is 0 Å². The molecule has 2 heterocycles. The highest BCUT2D eigenvalue weighted by Gasteiger charge is 2.20. The fourth-order valence-electron chi connectivity index (χ4n) is 3.40. The van der Waals surface area contributed by atoms with Crippen LogP contribution in [0.2, 0.25) is 0 Å². The normalized spacial score (nSPS) is 15.3. The number of nitrogens with zero attached hydrogens (tertiary/aromatic N) is 3. The molecule has 4 rings (SSSR count). The molecule has 7 heteroatoms. The Labute approximate surface area is 168 Å². The fraction of sp³-hybridized carbons (Fsp3) is 0.273. The van der Waals surface area contributed by atoms with Crippen molar-refractivity contribution in [3.05, 3.63) is 72.2 Å². The van der Waals surface area contributed by atoms with Crippen LogP contribution in [-0.4, -0.2) is 53.6 Å². The van der Waals surface area contributed by atoms with Gasteiger partial charge < -0.3 is 9.84 Å². The van der Waals surface area contributed by atoms with Crippen molar-refractivity contribution in [3.8, 4) is 11.3 Å². The maximum Gasteiger partial charge on any atom is 0.238 e. The van der Waals surface area contributed by atoms with Crippen molar-refractivity contribution < 1.29 is 13.7 Å². The molecule has 0 radical (unpaired) electrons. The van der Waals surface area contributed by atoms with Gasteiger partial charge in [0, 0.05) is 50.0 Å². The number of aromatic nitrogens is 1. The maximum atomic E-state index is 12.9. The lowest BCUT2D eigenvalue weighted by Crippen LogP contribution is -2.48. The van der Waals surface area contributed by atoms with Crippen LogP contribution in [0.4, 0.5) is 10.1 Å². The van der Waals surface area contributed by atoms with Gasteiger partial charge in [0.2, 0.25) is 5.91 Å². The maximum absolute atomic E-state index is 12.9. The molecule has 1 N–H and O–H groups in total. The average molecular weight is 394 g/mol. The third-order valence-electron chi connectivity index (χ3n) is 4.96. The number of amides is 1. The number of hydrogen-bond acceptors (Lipinski definition) is 5. The van der Waals surface area contributed by atoms with Crippen LogP contribution in [0.5, 0.6) is 0 Å². The van der Waals surface area contributed by atoms with E-state index in [0.717, 1.165) is 49.7 Å². The van der Waals surface area contributed by atoms with E-state index in [1.807, 2.05) is 36.4 Å². The van der Waals surface area contributed by atoms with Gasteiger partial charge in [-0.15, -0.1) is 0 Å². The van der Waals surface area contributed by atoms with E-state index in [-0.39, 0.29) is 11.7 Å². The van der Waals surface area contributed by atoms with Gasteiger partial charge in [-0.25, -0.2) is 4.39 Å². The summed E-state index contributed by atoms with van der Waals surface area (Å²) in [7, 11) is 0. The fourth-order valence-corrected chi connectivity index (χ4v) is 3.40. The Bertz CT molecular complexity index is 935. The lowest BCUT2D eigenvalue weighted by Gasteiger charge is -2.33. The Morgan fingerprint density at radius 3 is 2.41 bits per heavy atom. The Morgan fingerprint density at radius 2 is 1.69 bits per heavy atom. The van der Waals surface area contributed by atoms with Crippen LogP contribution in [0.25, 0.3) is 11.3 Å². The summed E-state index contributed by atoms with van der Waals surface area (Å²) in [5, 5.41) is 6.99. The number of carbonyl (C=O) groups is 1. The predicted molar refractivity (Wildman–Crippen MR) is 109 cm³/mol. The third kappa shape index (κ3) is 5.28. The molecule has 150 valence electrons. The van der Waals surface area contributed by atoms with Crippen molar-refractivity contribution in [2.24, 2.45) is 0 Å². The number of halogens is 1. The topological polar surface area (TPSA) is 61.6 Å². The summed E-state index contributed by atoms with van der Waals surface area (Å²) in [5.41, 5.74) is 2.53. The lowest BCUT2D eigenvalue weighted by atomic mass is 10.1. The van der Waals surface area contributed by atoms with Gasteiger partial charge in [-0.1, -0.05) is 35.5 Å². The Balaban J connectivity index is 1.23. The van der Waals surface area contributed by atoms with Crippen molar-refractivity contribution in [2.45, 2.75) is 6.54 Å². The summed E-state index contributed by atoms with van der Waals surface area (Å²) in [6.45, 7) is 4.38. The molecule has 29 heavy (non-hydrogen) atoms. The Morgan fingerprint density at radius 1 is 1.00 bits per heavy atom. The van der Waals surface area contributed by atoms with E-state index in [9.17, 15) is 9.18 Å². The van der Waals surface area contributed by atoms with Crippen LogP contribution in [0.3, 0.4) is 0 Å². The number of carbonyl (C=O) groups excluding carboxylic acids is 1. The van der Waals surface area contributed by atoms with Gasteiger partial charge >= 0.3 is 0 Å². The van der Waals surface area contributed by atoms with Crippen molar-refractivity contribution >= 4 is 11.6 Å². The van der Waals surface area contributed by atoms with Crippen molar-refractivity contribution in [3.63, 3.8) is 0 Å². The van der Waals surface area contributed by atoms with Gasteiger partial charge in [0.05, 0.1) is 12.2 Å². The summed E-state index contributed by atoms with van der Waals surface area (Å²) in [5.74, 6) is 0.368. The molecule has 3 aromatic rings. The van der Waals surface area contributed by atoms with Gasteiger partial charge in [-0.3, -0.25) is 14.6 Å². The van der Waals surface area contributed by atoms with Crippen molar-refractivity contribution in [1.29, 1.82) is 0 Å². The summed E-state index contributed by atoms with van der Waals surface area (Å²) < 4.78 is 18.4. The van der Waals surface area contributed by atoms with Crippen molar-refractivity contribution in [1.82, 2.24) is 15.0 Å². The molecule has 1 amide bonds. The first-order chi connectivity index (χ1) is 14.2. The number of benzene rings is 2. The third-order valence-corrected chi connectivity index (χ3v) is 4.96. The van der Waals surface area contributed by atoms with Crippen LogP contribution in [-0.2, 0) is 11.3 Å². The van der Waals surface area contributed by atoms with Gasteiger partial charge in [-0.05, 0) is 24.3 Å². The minimum absolute atomic E-state index is 0.0888. The first-order valence-corrected chi connectivity index (χ1v) is 9.67. The molecule has 0 spiro atoms. The molecular weight excluding hydrogens is 371 g/mol. The molecule has 0 saturated carbocycles. The zero-order valence-corrected chi connectivity index (χ0v) is 16.1. The number of piperazine rings is 1. The minimum atomic E-state index is -0.317. The van der Waals surface area contributed by atoms with Crippen LogP contribution in [0.15, 0.2) is 65.2 Å². The Kier molecular flexibility index (Phi) is 5.97. The van der Waals surface area contributed by atoms with Gasteiger partial charge in [-0.2, -0.15) is 0 Å². The van der Waals surface area contributed by atoms with Gasteiger partial charge in [0.1, 0.15) is 5.82 Å². The lowest BCUT2D eigenvalue weighted by molar-refractivity contribution is -0.117. The van der Waals surface area contributed by atoms with E-state index in [1.54, 1.807) is 12.1 Å². The molecule has 0 atom stereocenters. The molecule has 2 aromatic carbocycles. The number of anilines is 1. The summed E-state index contributed by atoms with van der Waals surface area (Å²) in [6, 6.07) is 17.7. The monoisotopic (exact) mass is 394 g/mol. The summed E-state index contributed by atoms with van der Waals surface area (Å²) >= 11 is 0. The SMILES string of the molecule is O=C(CN1CCN(Cc2cc(-c3ccccc3)on2)CC1)Nc1ccc(F)cc1. The molecule has 1 saturated heterocycles. The molecule has 0 unspecified atom stereocenters. The zero-order valence-electron chi connectivity index (χ0n) is 16.1. The molecule has 0 aliphatic carbocycles. The number of rotatable bonds is 6. The van der Waals surface area contributed by atoms with Crippen molar-refractivity contribution in [2.75, 3.05) is 38.0 Å². The predicted octanol–water partition coefficient (Wildman–Crippen LogP) is 3.24. The molecule has 1 fully saturated rings. The summed E-state index contributed by atoms with van der Waals surface area (Å²) in [6.07, 6.45) is 0. The second kappa shape index (κ2) is 8.98. The molecular formula is C22H23FN4O2. The van der Waals surface area contributed by atoms with E-state index in [4.69, 9.17) is 4.52 Å². The summed E-state index contributed by atoms with van der Waals surface area (Å²) in [4.78, 5) is 16.6. The van der Waals surface area contributed by atoms with E-state index in [1.165, 1.54) is 12.1 Å². The first kappa shape index (κ1) is 19.3. The van der Waals surface area contributed by atoms with Crippen LogP contribution < -0.4 is 5.32 Å². The number of hydrogen-bond donors (Lipinski definition) is 1. The largest absolute Gasteiger partial charge is 0.356 e.